The van der Waals surface area contributed by atoms with E-state index in [1.165, 1.54) is 36.0 Å². The zero-order valence-electron chi connectivity index (χ0n) is 12.0. The van der Waals surface area contributed by atoms with E-state index in [0.717, 1.165) is 19.3 Å². The van der Waals surface area contributed by atoms with Gasteiger partial charge in [0.25, 0.3) is 0 Å². The fourth-order valence-corrected chi connectivity index (χ4v) is 3.55. The Morgan fingerprint density at radius 2 is 1.89 bits per heavy atom. The smallest absolute Gasteiger partial charge is 0.0716 e. The van der Waals surface area contributed by atoms with Gasteiger partial charge in [-0.05, 0) is 49.3 Å². The van der Waals surface area contributed by atoms with E-state index in [1.54, 1.807) is 0 Å². The van der Waals surface area contributed by atoms with Crippen LogP contribution < -0.4 is 0 Å². The first-order chi connectivity index (χ1) is 8.57. The van der Waals surface area contributed by atoms with Gasteiger partial charge in [-0.2, -0.15) is 0 Å². The summed E-state index contributed by atoms with van der Waals surface area (Å²) in [5.41, 5.74) is 3.54. The van der Waals surface area contributed by atoms with Gasteiger partial charge in [-0.15, -0.1) is 0 Å². The lowest BCUT2D eigenvalue weighted by atomic mass is 9.70. The zero-order valence-corrected chi connectivity index (χ0v) is 12.0. The highest BCUT2D eigenvalue weighted by atomic mass is 16.3. The maximum atomic E-state index is 11.0. The van der Waals surface area contributed by atoms with E-state index in [-0.39, 0.29) is 0 Å². The molecule has 2 unspecified atom stereocenters. The van der Waals surface area contributed by atoms with Crippen LogP contribution in [0.5, 0.6) is 0 Å². The molecule has 1 aromatic rings. The minimum absolute atomic E-state index is 0.468. The maximum Gasteiger partial charge on any atom is 0.0716 e. The molecule has 1 heteroatoms. The summed E-state index contributed by atoms with van der Waals surface area (Å²) in [4.78, 5) is 0. The fraction of sp³-hybridized carbons (Fsp3) is 0.647. The van der Waals surface area contributed by atoms with Gasteiger partial charge < -0.3 is 5.11 Å². The molecule has 1 aromatic carbocycles. The highest BCUT2D eigenvalue weighted by molar-refractivity contribution is 5.34. The van der Waals surface area contributed by atoms with Crippen molar-refractivity contribution in [3.05, 3.63) is 34.9 Å². The molecule has 0 radical (unpaired) electrons. The van der Waals surface area contributed by atoms with Crippen molar-refractivity contribution >= 4 is 0 Å². The van der Waals surface area contributed by atoms with Gasteiger partial charge >= 0.3 is 0 Å². The lowest BCUT2D eigenvalue weighted by molar-refractivity contribution is -0.0493. The van der Waals surface area contributed by atoms with E-state index in [9.17, 15) is 5.11 Å². The summed E-state index contributed by atoms with van der Waals surface area (Å²) >= 11 is 0. The highest BCUT2D eigenvalue weighted by Gasteiger charge is 2.38. The Bertz CT molecular complexity index is 390. The van der Waals surface area contributed by atoms with E-state index in [1.807, 2.05) is 0 Å². The van der Waals surface area contributed by atoms with Gasteiger partial charge in [0.2, 0.25) is 0 Å². The molecular formula is C17H26O. The van der Waals surface area contributed by atoms with Crippen LogP contribution in [0, 0.1) is 19.8 Å². The van der Waals surface area contributed by atoms with E-state index in [2.05, 4.69) is 39.0 Å². The number of hydrogen-bond acceptors (Lipinski definition) is 1. The Morgan fingerprint density at radius 3 is 2.50 bits per heavy atom. The van der Waals surface area contributed by atoms with E-state index >= 15 is 0 Å². The summed E-state index contributed by atoms with van der Waals surface area (Å²) in [6, 6.07) is 6.43. The van der Waals surface area contributed by atoms with Crippen LogP contribution in [-0.2, 0) is 6.42 Å². The number of rotatable bonds is 3. The Morgan fingerprint density at radius 1 is 1.22 bits per heavy atom. The Hall–Kier alpha value is -0.820. The molecule has 1 nitrogen and oxygen atoms in total. The van der Waals surface area contributed by atoms with Crippen molar-refractivity contribution in [1.29, 1.82) is 0 Å². The molecule has 1 aliphatic carbocycles. The van der Waals surface area contributed by atoms with Crippen LogP contribution in [0.1, 0.15) is 55.7 Å². The van der Waals surface area contributed by atoms with Crippen molar-refractivity contribution in [2.24, 2.45) is 5.92 Å². The summed E-state index contributed by atoms with van der Waals surface area (Å²) < 4.78 is 0. The number of hydrogen-bond donors (Lipinski definition) is 1. The molecule has 1 aliphatic rings. The second-order valence-corrected chi connectivity index (χ2v) is 6.00. The molecule has 1 fully saturated rings. The van der Waals surface area contributed by atoms with E-state index in [4.69, 9.17) is 0 Å². The largest absolute Gasteiger partial charge is 0.389 e. The van der Waals surface area contributed by atoms with Gasteiger partial charge in [-0.3, -0.25) is 0 Å². The SMILES string of the molecule is CCC1CCCCC1(O)Cc1c(C)cccc1C. The number of aryl methyl sites for hydroxylation is 2. The number of aliphatic hydroxyl groups is 1. The van der Waals surface area contributed by atoms with Crippen LogP contribution in [0.15, 0.2) is 18.2 Å². The zero-order chi connectivity index (χ0) is 13.2. The van der Waals surface area contributed by atoms with Gasteiger partial charge in [0, 0.05) is 6.42 Å². The van der Waals surface area contributed by atoms with Gasteiger partial charge in [0.1, 0.15) is 0 Å². The number of benzene rings is 1. The second-order valence-electron chi connectivity index (χ2n) is 6.00. The van der Waals surface area contributed by atoms with Crippen molar-refractivity contribution < 1.29 is 5.11 Å². The standard InChI is InChI=1S/C17H26O/c1-4-15-10-5-6-11-17(15,18)12-16-13(2)8-7-9-14(16)3/h7-9,15,18H,4-6,10-12H2,1-3H3. The molecule has 0 bridgehead atoms. The van der Waals surface area contributed by atoms with Crippen LogP contribution in [-0.4, -0.2) is 10.7 Å². The molecule has 100 valence electrons. The summed E-state index contributed by atoms with van der Waals surface area (Å²) in [6.45, 7) is 6.54. The molecule has 1 N–H and O–H groups in total. The van der Waals surface area contributed by atoms with Gasteiger partial charge in [-0.25, -0.2) is 0 Å². The third-order valence-electron chi connectivity index (χ3n) is 4.79. The highest BCUT2D eigenvalue weighted by Crippen LogP contribution is 2.39. The van der Waals surface area contributed by atoms with Crippen molar-refractivity contribution in [2.75, 3.05) is 0 Å². The molecule has 0 aliphatic heterocycles. The molecule has 1 saturated carbocycles. The molecule has 0 aromatic heterocycles. The second kappa shape index (κ2) is 5.44. The first kappa shape index (κ1) is 13.6. The van der Waals surface area contributed by atoms with Crippen molar-refractivity contribution in [3.8, 4) is 0 Å². The normalized spacial score (nSPS) is 28.3. The predicted octanol–water partition coefficient (Wildman–Crippen LogP) is 4.18. The molecule has 0 saturated heterocycles. The molecule has 2 atom stereocenters. The van der Waals surface area contributed by atoms with E-state index < -0.39 is 5.60 Å². The first-order valence-corrected chi connectivity index (χ1v) is 7.34. The van der Waals surface area contributed by atoms with Crippen molar-refractivity contribution in [1.82, 2.24) is 0 Å². The van der Waals surface area contributed by atoms with E-state index in [0.29, 0.717) is 5.92 Å². The fourth-order valence-electron chi connectivity index (χ4n) is 3.55. The predicted molar refractivity (Wildman–Crippen MR) is 76.8 cm³/mol. The minimum Gasteiger partial charge on any atom is -0.389 e. The average molecular weight is 246 g/mol. The lowest BCUT2D eigenvalue weighted by Crippen LogP contribution is -2.42. The molecule has 0 heterocycles. The van der Waals surface area contributed by atoms with Crippen molar-refractivity contribution in [2.45, 2.75) is 64.9 Å². The van der Waals surface area contributed by atoms with Crippen LogP contribution in [0.4, 0.5) is 0 Å². The first-order valence-electron chi connectivity index (χ1n) is 7.34. The summed E-state index contributed by atoms with van der Waals surface area (Å²) in [5, 5.41) is 11.0. The average Bonchev–Trinajstić information content (AvgIpc) is 2.35. The minimum atomic E-state index is -0.468. The topological polar surface area (TPSA) is 20.2 Å². The Balaban J connectivity index is 2.25. The summed E-state index contributed by atoms with van der Waals surface area (Å²) in [7, 11) is 0. The molecule has 0 spiro atoms. The third-order valence-corrected chi connectivity index (χ3v) is 4.79. The van der Waals surface area contributed by atoms with Gasteiger partial charge in [-0.1, -0.05) is 44.4 Å². The van der Waals surface area contributed by atoms with Crippen LogP contribution in [0.3, 0.4) is 0 Å². The molecule has 18 heavy (non-hydrogen) atoms. The van der Waals surface area contributed by atoms with Crippen molar-refractivity contribution in [3.63, 3.8) is 0 Å². The van der Waals surface area contributed by atoms with Gasteiger partial charge in [0.05, 0.1) is 5.60 Å². The van der Waals surface area contributed by atoms with Crippen LogP contribution >= 0.6 is 0 Å². The monoisotopic (exact) mass is 246 g/mol. The summed E-state index contributed by atoms with van der Waals surface area (Å²) in [6.07, 6.45) is 6.56. The Kier molecular flexibility index (Phi) is 4.11. The Labute approximate surface area is 111 Å². The van der Waals surface area contributed by atoms with Crippen LogP contribution in [0.2, 0.25) is 0 Å². The lowest BCUT2D eigenvalue weighted by Gasteiger charge is -2.40. The molecule has 2 rings (SSSR count). The van der Waals surface area contributed by atoms with Gasteiger partial charge in [0.15, 0.2) is 0 Å². The van der Waals surface area contributed by atoms with Crippen LogP contribution in [0.25, 0.3) is 0 Å². The summed E-state index contributed by atoms with van der Waals surface area (Å²) in [5.74, 6) is 0.477. The third kappa shape index (κ3) is 2.61. The maximum absolute atomic E-state index is 11.0. The quantitative estimate of drug-likeness (QED) is 0.848. The molecule has 0 amide bonds. The molecular weight excluding hydrogens is 220 g/mol.